The molecule has 0 aliphatic heterocycles. The van der Waals surface area contributed by atoms with Crippen molar-refractivity contribution in [3.05, 3.63) is 35.1 Å². The minimum Gasteiger partial charge on any atom is -0.294 e. The number of halogens is 2. The maximum atomic E-state index is 12.9. The van der Waals surface area contributed by atoms with E-state index in [4.69, 9.17) is 11.6 Å². The molecular weight excluding hydrogens is 215 g/mol. The fraction of sp³-hybridized carbons (Fsp3) is 0.417. The Balaban J connectivity index is 2.62. The number of hydrogen-bond donors (Lipinski definition) is 0. The smallest absolute Gasteiger partial charge is 0.162 e. The van der Waals surface area contributed by atoms with E-state index < -0.39 is 0 Å². The first-order valence-electron chi connectivity index (χ1n) is 5.00. The van der Waals surface area contributed by atoms with Gasteiger partial charge in [-0.05, 0) is 43.5 Å². The maximum Gasteiger partial charge on any atom is 0.162 e. The molecule has 0 aliphatic carbocycles. The van der Waals surface area contributed by atoms with Gasteiger partial charge in [-0.2, -0.15) is 0 Å². The van der Waals surface area contributed by atoms with E-state index in [1.165, 1.54) is 12.1 Å². The number of rotatable bonds is 5. The zero-order valence-corrected chi connectivity index (χ0v) is 9.48. The molecule has 0 aliphatic rings. The molecule has 0 spiro atoms. The van der Waals surface area contributed by atoms with E-state index in [0.29, 0.717) is 23.4 Å². The normalized spacial score (nSPS) is 10.3. The molecule has 0 amide bonds. The molecule has 3 heteroatoms. The molecule has 0 N–H and O–H groups in total. The summed E-state index contributed by atoms with van der Waals surface area (Å²) in [5, 5.41) is 0. The minimum absolute atomic E-state index is 0.0585. The lowest BCUT2D eigenvalue weighted by atomic mass is 10.0. The maximum absolute atomic E-state index is 12.9. The number of carbonyl (C=O) groups is 1. The van der Waals surface area contributed by atoms with E-state index in [1.54, 1.807) is 13.0 Å². The van der Waals surface area contributed by atoms with Crippen molar-refractivity contribution in [2.45, 2.75) is 26.2 Å². The van der Waals surface area contributed by atoms with Crippen molar-refractivity contribution in [2.24, 2.45) is 0 Å². The Hall–Kier alpha value is -0.890. The van der Waals surface area contributed by atoms with Crippen molar-refractivity contribution < 1.29 is 9.18 Å². The van der Waals surface area contributed by atoms with Gasteiger partial charge in [0.1, 0.15) is 5.82 Å². The van der Waals surface area contributed by atoms with Gasteiger partial charge in [-0.1, -0.05) is 0 Å². The summed E-state index contributed by atoms with van der Waals surface area (Å²) in [5.74, 6) is 0.367. The van der Waals surface area contributed by atoms with Crippen LogP contribution in [0.25, 0.3) is 0 Å². The molecule has 0 radical (unpaired) electrons. The molecule has 0 aromatic heterocycles. The second kappa shape index (κ2) is 5.86. The summed E-state index contributed by atoms with van der Waals surface area (Å²) in [6.45, 7) is 1.66. The van der Waals surface area contributed by atoms with Crippen LogP contribution in [0.15, 0.2) is 18.2 Å². The van der Waals surface area contributed by atoms with E-state index in [-0.39, 0.29) is 11.6 Å². The predicted molar refractivity (Wildman–Crippen MR) is 60.0 cm³/mol. The molecule has 0 bridgehead atoms. The van der Waals surface area contributed by atoms with E-state index in [1.807, 2.05) is 0 Å². The molecule has 15 heavy (non-hydrogen) atoms. The van der Waals surface area contributed by atoms with Crippen LogP contribution < -0.4 is 0 Å². The summed E-state index contributed by atoms with van der Waals surface area (Å²) in [6, 6.07) is 4.47. The molecule has 0 saturated carbocycles. The van der Waals surface area contributed by atoms with Crippen LogP contribution in [-0.2, 0) is 0 Å². The molecular formula is C12H14ClFO. The van der Waals surface area contributed by atoms with Crippen molar-refractivity contribution in [1.82, 2.24) is 0 Å². The number of ketones is 1. The Morgan fingerprint density at radius 1 is 1.40 bits per heavy atom. The van der Waals surface area contributed by atoms with Gasteiger partial charge in [0.15, 0.2) is 5.78 Å². The number of Topliss-reactive ketones (excluding diaryl/α,β-unsaturated/α-hetero) is 1. The number of aryl methyl sites for hydroxylation is 1. The molecule has 0 saturated heterocycles. The summed E-state index contributed by atoms with van der Waals surface area (Å²) < 4.78 is 12.9. The van der Waals surface area contributed by atoms with Gasteiger partial charge < -0.3 is 0 Å². The van der Waals surface area contributed by atoms with Gasteiger partial charge in [-0.15, -0.1) is 11.6 Å². The second-order valence-corrected chi connectivity index (χ2v) is 3.91. The third-order valence-electron chi connectivity index (χ3n) is 2.27. The number of unbranched alkanes of at least 4 members (excludes halogenated alkanes) is 1. The lowest BCUT2D eigenvalue weighted by molar-refractivity contribution is 0.0980. The van der Waals surface area contributed by atoms with Crippen molar-refractivity contribution >= 4 is 17.4 Å². The predicted octanol–water partition coefficient (Wildman–Crippen LogP) is 3.73. The SMILES string of the molecule is Cc1cc(C(=O)CCCCCl)ccc1F. The van der Waals surface area contributed by atoms with E-state index >= 15 is 0 Å². The number of benzene rings is 1. The average molecular weight is 229 g/mol. The van der Waals surface area contributed by atoms with E-state index in [2.05, 4.69) is 0 Å². The van der Waals surface area contributed by atoms with Crippen LogP contribution in [0.5, 0.6) is 0 Å². The van der Waals surface area contributed by atoms with Gasteiger partial charge in [0.25, 0.3) is 0 Å². The molecule has 82 valence electrons. The topological polar surface area (TPSA) is 17.1 Å². The fourth-order valence-electron chi connectivity index (χ4n) is 1.34. The molecule has 1 nitrogen and oxygen atoms in total. The van der Waals surface area contributed by atoms with E-state index in [0.717, 1.165) is 12.8 Å². The highest BCUT2D eigenvalue weighted by atomic mass is 35.5. The molecule has 0 heterocycles. The first-order valence-corrected chi connectivity index (χ1v) is 5.54. The first-order chi connectivity index (χ1) is 7.15. The van der Waals surface area contributed by atoms with Gasteiger partial charge in [-0.3, -0.25) is 4.79 Å². The molecule has 0 atom stereocenters. The number of alkyl halides is 1. The molecule has 1 aromatic rings. The van der Waals surface area contributed by atoms with Gasteiger partial charge >= 0.3 is 0 Å². The Bertz CT molecular complexity index is 349. The monoisotopic (exact) mass is 228 g/mol. The van der Waals surface area contributed by atoms with E-state index in [9.17, 15) is 9.18 Å². The first kappa shape index (κ1) is 12.2. The highest BCUT2D eigenvalue weighted by Gasteiger charge is 2.07. The Morgan fingerprint density at radius 2 is 2.13 bits per heavy atom. The van der Waals surface area contributed by atoms with Crippen LogP contribution in [0.1, 0.15) is 35.2 Å². The largest absolute Gasteiger partial charge is 0.294 e. The minimum atomic E-state index is -0.271. The van der Waals surface area contributed by atoms with Crippen molar-refractivity contribution in [3.8, 4) is 0 Å². The third-order valence-corrected chi connectivity index (χ3v) is 2.53. The summed E-state index contributed by atoms with van der Waals surface area (Å²) in [7, 11) is 0. The van der Waals surface area contributed by atoms with Gasteiger partial charge in [0, 0.05) is 17.9 Å². The van der Waals surface area contributed by atoms with Crippen LogP contribution in [0.2, 0.25) is 0 Å². The summed E-state index contributed by atoms with van der Waals surface area (Å²) in [5.41, 5.74) is 1.10. The Morgan fingerprint density at radius 3 is 2.73 bits per heavy atom. The Labute approximate surface area is 94.3 Å². The highest BCUT2D eigenvalue weighted by molar-refractivity contribution is 6.17. The average Bonchev–Trinajstić information content (AvgIpc) is 2.22. The van der Waals surface area contributed by atoms with Crippen molar-refractivity contribution in [2.75, 3.05) is 5.88 Å². The molecule has 0 unspecified atom stereocenters. The van der Waals surface area contributed by atoms with Crippen molar-refractivity contribution in [3.63, 3.8) is 0 Å². The van der Waals surface area contributed by atoms with Crippen LogP contribution in [-0.4, -0.2) is 11.7 Å². The fourth-order valence-corrected chi connectivity index (χ4v) is 1.53. The van der Waals surface area contributed by atoms with Gasteiger partial charge in [0.2, 0.25) is 0 Å². The lowest BCUT2D eigenvalue weighted by Crippen LogP contribution is -2.00. The number of carbonyl (C=O) groups excluding carboxylic acids is 1. The molecule has 1 rings (SSSR count). The number of hydrogen-bond acceptors (Lipinski definition) is 1. The third kappa shape index (κ3) is 3.63. The zero-order valence-electron chi connectivity index (χ0n) is 8.72. The van der Waals surface area contributed by atoms with Gasteiger partial charge in [-0.25, -0.2) is 4.39 Å². The summed E-state index contributed by atoms with van der Waals surface area (Å²) in [4.78, 5) is 11.6. The zero-order chi connectivity index (χ0) is 11.3. The standard InChI is InChI=1S/C12H14ClFO/c1-9-8-10(5-6-11(9)14)12(15)4-2-3-7-13/h5-6,8H,2-4,7H2,1H3. The van der Waals surface area contributed by atoms with Crippen LogP contribution in [0, 0.1) is 12.7 Å². The lowest BCUT2D eigenvalue weighted by Gasteiger charge is -2.02. The second-order valence-electron chi connectivity index (χ2n) is 3.53. The molecule has 1 aromatic carbocycles. The van der Waals surface area contributed by atoms with Crippen LogP contribution in [0.3, 0.4) is 0 Å². The Kier molecular flexibility index (Phi) is 4.76. The summed E-state index contributed by atoms with van der Waals surface area (Å²) >= 11 is 5.52. The molecule has 0 fully saturated rings. The summed E-state index contributed by atoms with van der Waals surface area (Å²) in [6.07, 6.45) is 2.12. The van der Waals surface area contributed by atoms with Crippen molar-refractivity contribution in [1.29, 1.82) is 0 Å². The highest BCUT2D eigenvalue weighted by Crippen LogP contribution is 2.12. The quantitative estimate of drug-likeness (QED) is 0.426. The van der Waals surface area contributed by atoms with Crippen LogP contribution >= 0.6 is 11.6 Å². The van der Waals surface area contributed by atoms with Crippen LogP contribution in [0.4, 0.5) is 4.39 Å². The van der Waals surface area contributed by atoms with Gasteiger partial charge in [0.05, 0.1) is 0 Å².